The van der Waals surface area contributed by atoms with Gasteiger partial charge in [0.2, 0.25) is 0 Å². The summed E-state index contributed by atoms with van der Waals surface area (Å²) in [5.74, 6) is 0.416. The number of nitrogens with one attached hydrogen (secondary N) is 1. The minimum absolute atomic E-state index is 0.230. The molecule has 21 heavy (non-hydrogen) atoms. The lowest BCUT2D eigenvalue weighted by atomic mass is 10.1. The molecular weight excluding hydrogens is 357 g/mol. The first-order valence-corrected chi connectivity index (χ1v) is 7.84. The average molecular weight is 373 g/mol. The van der Waals surface area contributed by atoms with Crippen LogP contribution in [-0.2, 0) is 0 Å². The van der Waals surface area contributed by atoms with E-state index < -0.39 is 0 Å². The zero-order valence-electron chi connectivity index (χ0n) is 11.6. The van der Waals surface area contributed by atoms with Gasteiger partial charge in [0.1, 0.15) is 18.2 Å². The van der Waals surface area contributed by atoms with E-state index in [1.165, 1.54) is 6.07 Å². The van der Waals surface area contributed by atoms with E-state index in [0.29, 0.717) is 22.9 Å². The number of ether oxygens (including phenoxy) is 1. The molecule has 0 aliphatic heterocycles. The molecule has 0 heterocycles. The summed E-state index contributed by atoms with van der Waals surface area (Å²) in [5, 5.41) is 3.85. The SMILES string of the molecule is CCNC(COc1cccc(Cl)c1)c1cc(Br)ccc1F. The second-order valence-electron chi connectivity index (χ2n) is 4.54. The fourth-order valence-electron chi connectivity index (χ4n) is 2.02. The molecule has 0 bridgehead atoms. The summed E-state index contributed by atoms with van der Waals surface area (Å²) in [6.45, 7) is 3.01. The van der Waals surface area contributed by atoms with E-state index >= 15 is 0 Å². The molecule has 0 amide bonds. The summed E-state index contributed by atoms with van der Waals surface area (Å²) in [4.78, 5) is 0. The largest absolute Gasteiger partial charge is 0.492 e. The first kappa shape index (κ1) is 16.3. The highest BCUT2D eigenvalue weighted by molar-refractivity contribution is 9.10. The lowest BCUT2D eigenvalue weighted by molar-refractivity contribution is 0.265. The molecule has 0 aromatic heterocycles. The molecule has 0 spiro atoms. The van der Waals surface area contributed by atoms with Crippen molar-refractivity contribution in [3.8, 4) is 5.75 Å². The van der Waals surface area contributed by atoms with Crippen LogP contribution in [0.25, 0.3) is 0 Å². The number of halogens is 3. The second-order valence-corrected chi connectivity index (χ2v) is 5.90. The maximum Gasteiger partial charge on any atom is 0.128 e. The van der Waals surface area contributed by atoms with E-state index in [0.717, 1.165) is 11.0 Å². The molecule has 5 heteroatoms. The van der Waals surface area contributed by atoms with E-state index in [2.05, 4.69) is 21.2 Å². The minimum Gasteiger partial charge on any atom is -0.492 e. The third-order valence-electron chi connectivity index (χ3n) is 3.00. The molecule has 0 radical (unpaired) electrons. The Morgan fingerprint density at radius 3 is 2.81 bits per heavy atom. The van der Waals surface area contributed by atoms with Crippen molar-refractivity contribution in [3.63, 3.8) is 0 Å². The standard InChI is InChI=1S/C16H16BrClFNO/c1-2-20-16(14-8-11(17)6-7-15(14)19)10-21-13-5-3-4-12(18)9-13/h3-9,16,20H,2,10H2,1H3. The van der Waals surface area contributed by atoms with Crippen molar-refractivity contribution in [1.82, 2.24) is 5.32 Å². The topological polar surface area (TPSA) is 21.3 Å². The van der Waals surface area contributed by atoms with Gasteiger partial charge in [-0.2, -0.15) is 0 Å². The van der Waals surface area contributed by atoms with Crippen molar-refractivity contribution >= 4 is 27.5 Å². The van der Waals surface area contributed by atoms with E-state index in [1.54, 1.807) is 24.3 Å². The highest BCUT2D eigenvalue weighted by Gasteiger charge is 2.16. The zero-order valence-corrected chi connectivity index (χ0v) is 13.9. The van der Waals surface area contributed by atoms with Crippen molar-refractivity contribution in [3.05, 3.63) is 63.3 Å². The van der Waals surface area contributed by atoms with Gasteiger partial charge in [-0.1, -0.05) is 40.5 Å². The molecule has 1 atom stereocenters. The smallest absolute Gasteiger partial charge is 0.128 e. The van der Waals surface area contributed by atoms with Gasteiger partial charge >= 0.3 is 0 Å². The van der Waals surface area contributed by atoms with Crippen LogP contribution >= 0.6 is 27.5 Å². The quantitative estimate of drug-likeness (QED) is 0.773. The lowest BCUT2D eigenvalue weighted by Crippen LogP contribution is -2.27. The van der Waals surface area contributed by atoms with Gasteiger partial charge in [0.05, 0.1) is 6.04 Å². The Hall–Kier alpha value is -1.10. The van der Waals surface area contributed by atoms with Crippen LogP contribution in [0.5, 0.6) is 5.75 Å². The van der Waals surface area contributed by atoms with Gasteiger partial charge in [-0.05, 0) is 42.9 Å². The maximum atomic E-state index is 14.0. The van der Waals surface area contributed by atoms with Crippen molar-refractivity contribution in [1.29, 1.82) is 0 Å². The van der Waals surface area contributed by atoms with Crippen LogP contribution in [-0.4, -0.2) is 13.2 Å². The van der Waals surface area contributed by atoms with E-state index in [4.69, 9.17) is 16.3 Å². The summed E-state index contributed by atoms with van der Waals surface area (Å²) in [6, 6.07) is 11.8. The summed E-state index contributed by atoms with van der Waals surface area (Å²) in [7, 11) is 0. The molecule has 2 nitrogen and oxygen atoms in total. The first-order chi connectivity index (χ1) is 10.1. The third kappa shape index (κ3) is 4.70. The molecule has 2 aromatic rings. The number of likely N-dealkylation sites (N-methyl/N-ethyl adjacent to an activating group) is 1. The van der Waals surface area contributed by atoms with E-state index in [1.807, 2.05) is 19.1 Å². The summed E-state index contributed by atoms with van der Waals surface area (Å²) < 4.78 is 20.6. The van der Waals surface area contributed by atoms with Gasteiger partial charge in [0.15, 0.2) is 0 Å². The minimum atomic E-state index is -0.251. The van der Waals surface area contributed by atoms with E-state index in [-0.39, 0.29) is 11.9 Å². The van der Waals surface area contributed by atoms with Gasteiger partial charge in [-0.3, -0.25) is 0 Å². The molecule has 2 rings (SSSR count). The average Bonchev–Trinajstić information content (AvgIpc) is 2.46. The monoisotopic (exact) mass is 371 g/mol. The Bertz CT molecular complexity index is 609. The van der Waals surface area contributed by atoms with Crippen molar-refractivity contribution in [2.24, 2.45) is 0 Å². The highest BCUT2D eigenvalue weighted by atomic mass is 79.9. The van der Waals surface area contributed by atoms with Gasteiger partial charge in [0, 0.05) is 15.1 Å². The van der Waals surface area contributed by atoms with E-state index in [9.17, 15) is 4.39 Å². The highest BCUT2D eigenvalue weighted by Crippen LogP contribution is 2.24. The number of rotatable bonds is 6. The lowest BCUT2D eigenvalue weighted by Gasteiger charge is -2.20. The Morgan fingerprint density at radius 1 is 1.29 bits per heavy atom. The fourth-order valence-corrected chi connectivity index (χ4v) is 2.58. The van der Waals surface area contributed by atoms with Gasteiger partial charge in [0.25, 0.3) is 0 Å². The van der Waals surface area contributed by atoms with Crippen LogP contribution in [0.2, 0.25) is 5.02 Å². The number of hydrogen-bond acceptors (Lipinski definition) is 2. The van der Waals surface area contributed by atoms with Crippen LogP contribution in [0, 0.1) is 5.82 Å². The molecule has 0 aliphatic rings. The zero-order chi connectivity index (χ0) is 15.2. The molecule has 1 N–H and O–H groups in total. The number of hydrogen-bond donors (Lipinski definition) is 1. The fraction of sp³-hybridized carbons (Fsp3) is 0.250. The normalized spacial score (nSPS) is 12.2. The van der Waals surface area contributed by atoms with Crippen LogP contribution in [0.4, 0.5) is 4.39 Å². The third-order valence-corrected chi connectivity index (χ3v) is 3.73. The maximum absolute atomic E-state index is 14.0. The second kappa shape index (κ2) is 7.78. The summed E-state index contributed by atoms with van der Waals surface area (Å²) in [6.07, 6.45) is 0. The summed E-state index contributed by atoms with van der Waals surface area (Å²) in [5.41, 5.74) is 0.577. The first-order valence-electron chi connectivity index (χ1n) is 6.67. The number of benzene rings is 2. The molecule has 0 fully saturated rings. The molecule has 0 saturated heterocycles. The Balaban J connectivity index is 2.13. The van der Waals surface area contributed by atoms with Crippen LogP contribution in [0.1, 0.15) is 18.5 Å². The Kier molecular flexibility index (Phi) is 6.03. The van der Waals surface area contributed by atoms with Crippen LogP contribution in [0.3, 0.4) is 0 Å². The molecule has 1 unspecified atom stereocenters. The van der Waals surface area contributed by atoms with Gasteiger partial charge in [-0.25, -0.2) is 4.39 Å². The van der Waals surface area contributed by atoms with Gasteiger partial charge < -0.3 is 10.1 Å². The predicted octanol–water partition coefficient (Wildman–Crippen LogP) is 4.97. The predicted molar refractivity (Wildman–Crippen MR) is 87.5 cm³/mol. The Morgan fingerprint density at radius 2 is 2.10 bits per heavy atom. The molecule has 0 aliphatic carbocycles. The Labute approximate surface area is 137 Å². The van der Waals surface area contributed by atoms with Crippen molar-refractivity contribution in [2.45, 2.75) is 13.0 Å². The van der Waals surface area contributed by atoms with Crippen molar-refractivity contribution < 1.29 is 9.13 Å². The molecule has 2 aromatic carbocycles. The van der Waals surface area contributed by atoms with Gasteiger partial charge in [-0.15, -0.1) is 0 Å². The van der Waals surface area contributed by atoms with Crippen molar-refractivity contribution in [2.75, 3.05) is 13.2 Å². The molecule has 0 saturated carbocycles. The molecule has 112 valence electrons. The summed E-state index contributed by atoms with van der Waals surface area (Å²) >= 11 is 9.29. The van der Waals surface area contributed by atoms with Crippen LogP contribution in [0.15, 0.2) is 46.9 Å². The van der Waals surface area contributed by atoms with Crippen LogP contribution < -0.4 is 10.1 Å². The molecular formula is C16H16BrClFNO.